The zero-order chi connectivity index (χ0) is 23.6. The number of ether oxygens (including phenoxy) is 2. The third-order valence-corrected chi connectivity index (χ3v) is 5.05. The number of hydrogen-bond acceptors (Lipinski definition) is 6. The first-order valence-corrected chi connectivity index (χ1v) is 10.3. The summed E-state index contributed by atoms with van der Waals surface area (Å²) in [6, 6.07) is 3.62. The van der Waals surface area contributed by atoms with Crippen molar-refractivity contribution >= 4 is 11.6 Å². The minimum absolute atomic E-state index is 0.0997. The number of carbonyl (C=O) groups is 1. The van der Waals surface area contributed by atoms with Crippen molar-refractivity contribution in [3.63, 3.8) is 0 Å². The Hall–Kier alpha value is -3.47. The highest BCUT2D eigenvalue weighted by Crippen LogP contribution is 2.28. The van der Waals surface area contributed by atoms with Gasteiger partial charge in [-0.2, -0.15) is 18.3 Å². The van der Waals surface area contributed by atoms with Gasteiger partial charge in [-0.3, -0.25) is 24.3 Å². The quantitative estimate of drug-likeness (QED) is 0.575. The van der Waals surface area contributed by atoms with Gasteiger partial charge in [-0.25, -0.2) is 0 Å². The largest absolute Gasteiger partial charge is 0.492 e. The maximum absolute atomic E-state index is 13.4. The van der Waals surface area contributed by atoms with Crippen molar-refractivity contribution in [2.45, 2.75) is 33.0 Å². The molecule has 0 radical (unpaired) electrons. The van der Waals surface area contributed by atoms with Crippen LogP contribution in [-0.4, -0.2) is 51.8 Å². The standard InChI is InChI=1S/C22H22F3N5O3/c1-3-33-17-7-15(8-26-10-17)19-6-14(2)20-18(28-19)4-5-32-13-30(21(20)31)16-9-27-29(11-16)12-22(23,24)25/h6-11H,3-5,12-13H2,1-2H3. The third-order valence-electron chi connectivity index (χ3n) is 5.05. The summed E-state index contributed by atoms with van der Waals surface area (Å²) in [6.45, 7) is 3.13. The maximum atomic E-state index is 13.4. The number of anilines is 1. The van der Waals surface area contributed by atoms with Crippen LogP contribution in [0.25, 0.3) is 11.3 Å². The van der Waals surface area contributed by atoms with Crippen molar-refractivity contribution < 1.29 is 27.4 Å². The van der Waals surface area contributed by atoms with Crippen molar-refractivity contribution in [1.29, 1.82) is 0 Å². The van der Waals surface area contributed by atoms with Crippen molar-refractivity contribution in [2.75, 3.05) is 24.8 Å². The monoisotopic (exact) mass is 461 g/mol. The van der Waals surface area contributed by atoms with Gasteiger partial charge in [0.05, 0.1) is 48.2 Å². The zero-order valence-electron chi connectivity index (χ0n) is 18.1. The fraction of sp³-hybridized carbons (Fsp3) is 0.364. The van der Waals surface area contributed by atoms with E-state index in [0.29, 0.717) is 47.9 Å². The highest BCUT2D eigenvalue weighted by Gasteiger charge is 2.30. The molecule has 1 aliphatic heterocycles. The lowest BCUT2D eigenvalue weighted by atomic mass is 10.0. The molecule has 174 valence electrons. The van der Waals surface area contributed by atoms with Gasteiger partial charge in [0.25, 0.3) is 5.91 Å². The van der Waals surface area contributed by atoms with E-state index in [4.69, 9.17) is 9.47 Å². The van der Waals surface area contributed by atoms with Crippen molar-refractivity contribution in [1.82, 2.24) is 19.7 Å². The number of halogens is 3. The Morgan fingerprint density at radius 2 is 2.03 bits per heavy atom. The molecule has 1 amide bonds. The molecule has 0 N–H and O–H groups in total. The Morgan fingerprint density at radius 1 is 1.21 bits per heavy atom. The van der Waals surface area contributed by atoms with E-state index >= 15 is 0 Å². The lowest BCUT2D eigenvalue weighted by molar-refractivity contribution is -0.142. The lowest BCUT2D eigenvalue weighted by Crippen LogP contribution is -2.36. The van der Waals surface area contributed by atoms with E-state index in [1.165, 1.54) is 17.3 Å². The molecular formula is C22H22F3N5O3. The number of amides is 1. The van der Waals surface area contributed by atoms with Crippen LogP contribution in [0.2, 0.25) is 0 Å². The number of alkyl halides is 3. The van der Waals surface area contributed by atoms with Crippen LogP contribution in [0.1, 0.15) is 28.5 Å². The van der Waals surface area contributed by atoms with Gasteiger partial charge < -0.3 is 9.47 Å². The second-order valence-corrected chi connectivity index (χ2v) is 7.52. The third kappa shape index (κ3) is 5.14. The summed E-state index contributed by atoms with van der Waals surface area (Å²) in [5.74, 6) is 0.205. The minimum atomic E-state index is -4.42. The molecule has 1 aliphatic rings. The summed E-state index contributed by atoms with van der Waals surface area (Å²) in [4.78, 5) is 23.6. The van der Waals surface area contributed by atoms with Crippen LogP contribution in [0.15, 0.2) is 36.9 Å². The summed E-state index contributed by atoms with van der Waals surface area (Å²) >= 11 is 0. The minimum Gasteiger partial charge on any atom is -0.492 e. The van der Waals surface area contributed by atoms with Gasteiger partial charge >= 0.3 is 6.18 Å². The molecule has 0 saturated carbocycles. The summed E-state index contributed by atoms with van der Waals surface area (Å²) in [5.41, 5.74) is 3.24. The fourth-order valence-electron chi connectivity index (χ4n) is 3.64. The van der Waals surface area contributed by atoms with Crippen LogP contribution in [0, 0.1) is 6.92 Å². The zero-order valence-corrected chi connectivity index (χ0v) is 18.1. The topological polar surface area (TPSA) is 82.4 Å². The molecule has 8 nitrogen and oxygen atoms in total. The van der Waals surface area contributed by atoms with E-state index in [2.05, 4.69) is 15.1 Å². The summed E-state index contributed by atoms with van der Waals surface area (Å²) in [5, 5.41) is 3.73. The smallest absolute Gasteiger partial charge is 0.408 e. The highest BCUT2D eigenvalue weighted by molar-refractivity contribution is 6.07. The molecular weight excluding hydrogens is 439 g/mol. The second-order valence-electron chi connectivity index (χ2n) is 7.52. The predicted octanol–water partition coefficient (Wildman–Crippen LogP) is 3.79. The molecule has 3 aromatic rings. The number of pyridine rings is 2. The molecule has 0 saturated heterocycles. The number of fused-ring (bicyclic) bond motifs is 1. The first kappa shape index (κ1) is 22.7. The Bertz CT molecular complexity index is 1160. The van der Waals surface area contributed by atoms with Gasteiger partial charge in [-0.15, -0.1) is 0 Å². The molecule has 3 aromatic heterocycles. The van der Waals surface area contributed by atoms with Crippen LogP contribution < -0.4 is 9.64 Å². The number of carbonyl (C=O) groups excluding carboxylic acids is 1. The molecule has 0 fully saturated rings. The second kappa shape index (κ2) is 9.18. The van der Waals surface area contributed by atoms with E-state index in [0.717, 1.165) is 10.2 Å². The van der Waals surface area contributed by atoms with Crippen molar-refractivity contribution in [3.05, 3.63) is 53.7 Å². The Morgan fingerprint density at radius 3 is 2.79 bits per heavy atom. The first-order valence-electron chi connectivity index (χ1n) is 10.3. The van der Waals surface area contributed by atoms with Gasteiger partial charge in [0.2, 0.25) is 0 Å². The highest BCUT2D eigenvalue weighted by atomic mass is 19.4. The number of nitrogens with zero attached hydrogens (tertiary/aromatic N) is 5. The van der Waals surface area contributed by atoms with E-state index < -0.39 is 18.6 Å². The SMILES string of the molecule is CCOc1cncc(-c2cc(C)c3c(n2)CCOCN(c2cnn(CC(F)(F)F)c2)C3=O)c1. The van der Waals surface area contributed by atoms with Gasteiger partial charge in [0.15, 0.2) is 0 Å². The molecule has 11 heteroatoms. The number of aromatic nitrogens is 4. The van der Waals surface area contributed by atoms with E-state index in [9.17, 15) is 18.0 Å². The molecule has 33 heavy (non-hydrogen) atoms. The molecule has 4 rings (SSSR count). The van der Waals surface area contributed by atoms with Gasteiger partial charge in [-0.1, -0.05) is 0 Å². The van der Waals surface area contributed by atoms with E-state index in [1.807, 2.05) is 13.0 Å². The Balaban J connectivity index is 1.68. The van der Waals surface area contributed by atoms with Crippen molar-refractivity contribution in [3.8, 4) is 17.0 Å². The van der Waals surface area contributed by atoms with Crippen LogP contribution in [0.4, 0.5) is 18.9 Å². The van der Waals surface area contributed by atoms with E-state index in [1.54, 1.807) is 25.4 Å². The summed E-state index contributed by atoms with van der Waals surface area (Å²) in [6.07, 6.45) is 1.67. The first-order chi connectivity index (χ1) is 15.7. The van der Waals surface area contributed by atoms with Crippen LogP contribution in [0.5, 0.6) is 5.75 Å². The number of aryl methyl sites for hydroxylation is 1. The molecule has 0 spiro atoms. The maximum Gasteiger partial charge on any atom is 0.408 e. The molecule has 0 bridgehead atoms. The van der Waals surface area contributed by atoms with Gasteiger partial charge in [0.1, 0.15) is 19.0 Å². The summed E-state index contributed by atoms with van der Waals surface area (Å²) in [7, 11) is 0. The van der Waals surface area contributed by atoms with Crippen molar-refractivity contribution in [2.24, 2.45) is 0 Å². The summed E-state index contributed by atoms with van der Waals surface area (Å²) < 4.78 is 49.9. The molecule has 0 atom stereocenters. The Kier molecular flexibility index (Phi) is 6.32. The molecule has 0 aromatic carbocycles. The van der Waals surface area contributed by atoms with Crippen LogP contribution in [-0.2, 0) is 17.7 Å². The fourth-order valence-corrected chi connectivity index (χ4v) is 3.64. The average molecular weight is 461 g/mol. The van der Waals surface area contributed by atoms with Crippen LogP contribution in [0.3, 0.4) is 0 Å². The Labute approximate surface area is 188 Å². The molecule has 0 aliphatic carbocycles. The van der Waals surface area contributed by atoms with Crippen LogP contribution >= 0.6 is 0 Å². The molecule has 0 unspecified atom stereocenters. The van der Waals surface area contributed by atoms with Gasteiger partial charge in [0, 0.05) is 24.4 Å². The number of rotatable bonds is 5. The lowest BCUT2D eigenvalue weighted by Gasteiger charge is -2.26. The van der Waals surface area contributed by atoms with E-state index in [-0.39, 0.29) is 12.4 Å². The normalized spacial score (nSPS) is 14.6. The average Bonchev–Trinajstić information content (AvgIpc) is 3.18. The number of hydrogen-bond donors (Lipinski definition) is 0. The van der Waals surface area contributed by atoms with Gasteiger partial charge in [-0.05, 0) is 31.5 Å². The predicted molar refractivity (Wildman–Crippen MR) is 113 cm³/mol. The molecule has 4 heterocycles.